The number of Topliss-reactive ketones (excluding diaryl/α,β-unsaturated/α-hetero) is 1. The number of thioether (sulfide) groups is 1. The Kier molecular flexibility index (Phi) is 9.19. The number of para-hydroxylation sites is 1. The summed E-state index contributed by atoms with van der Waals surface area (Å²) < 4.78 is 8.21. The minimum absolute atomic E-state index is 0.0526. The second-order valence-electron chi connectivity index (χ2n) is 9.64. The molecular weight excluding hydrogens is 508 g/mol. The lowest BCUT2D eigenvalue weighted by Gasteiger charge is -2.19. The number of ketones is 1. The van der Waals surface area contributed by atoms with E-state index in [1.165, 1.54) is 24.2 Å². The highest BCUT2D eigenvalue weighted by atomic mass is 32.2. The molecule has 0 aliphatic carbocycles. The molecule has 0 saturated carbocycles. The lowest BCUT2D eigenvalue weighted by Crippen LogP contribution is -2.25. The highest BCUT2D eigenvalue weighted by molar-refractivity contribution is 8.00. The van der Waals surface area contributed by atoms with Crippen LogP contribution in [0.5, 0.6) is 5.75 Å². The lowest BCUT2D eigenvalue weighted by atomic mass is 10.0. The maximum atomic E-state index is 13.2. The largest absolute Gasteiger partial charge is 0.483 e. The van der Waals surface area contributed by atoms with Crippen molar-refractivity contribution in [3.63, 3.8) is 0 Å². The number of carbonyl (C=O) groups is 2. The first-order valence-electron chi connectivity index (χ1n) is 13.1. The Hall–Kier alpha value is -3.91. The predicted molar refractivity (Wildman–Crippen MR) is 156 cm³/mol. The van der Waals surface area contributed by atoms with E-state index in [0.29, 0.717) is 34.6 Å². The average molecular weight is 543 g/mol. The summed E-state index contributed by atoms with van der Waals surface area (Å²) in [7, 11) is 0. The summed E-state index contributed by atoms with van der Waals surface area (Å²) in [5.74, 6) is 1.62. The number of ether oxygens (including phenoxy) is 1. The predicted octanol–water partition coefficient (Wildman–Crippen LogP) is 7.24. The van der Waals surface area contributed by atoms with Crippen molar-refractivity contribution in [2.45, 2.75) is 63.5 Å². The van der Waals surface area contributed by atoms with Crippen molar-refractivity contribution in [2.75, 3.05) is 5.32 Å². The first-order chi connectivity index (χ1) is 18.8. The summed E-state index contributed by atoms with van der Waals surface area (Å²) in [4.78, 5) is 25.0. The van der Waals surface area contributed by atoms with Gasteiger partial charge in [0.05, 0.1) is 5.25 Å². The van der Waals surface area contributed by atoms with Crippen LogP contribution < -0.4 is 10.1 Å². The number of rotatable bonds is 11. The van der Waals surface area contributed by atoms with E-state index in [-0.39, 0.29) is 17.8 Å². The molecule has 202 valence electrons. The van der Waals surface area contributed by atoms with Crippen LogP contribution >= 0.6 is 11.8 Å². The molecule has 3 aromatic carbocycles. The van der Waals surface area contributed by atoms with Gasteiger partial charge in [0, 0.05) is 16.9 Å². The van der Waals surface area contributed by atoms with Crippen molar-refractivity contribution in [1.29, 1.82) is 0 Å². The summed E-state index contributed by atoms with van der Waals surface area (Å²) >= 11 is 1.35. The fraction of sp³-hybridized carbons (Fsp3) is 0.290. The number of nitrogens with zero attached hydrogens (tertiary/aromatic N) is 3. The Balaban J connectivity index is 1.58. The number of hydrogen-bond acceptors (Lipinski definition) is 6. The highest BCUT2D eigenvalue weighted by Gasteiger charge is 2.26. The van der Waals surface area contributed by atoms with Gasteiger partial charge in [-0.2, -0.15) is 0 Å². The number of nitrogens with one attached hydrogen (secondary N) is 1. The second-order valence-corrected chi connectivity index (χ2v) is 10.8. The van der Waals surface area contributed by atoms with Crippen molar-refractivity contribution in [3.05, 3.63) is 95.8 Å². The lowest BCUT2D eigenvalue weighted by molar-refractivity contribution is -0.115. The van der Waals surface area contributed by atoms with Crippen LogP contribution in [0, 0.1) is 0 Å². The molecule has 0 fully saturated rings. The van der Waals surface area contributed by atoms with E-state index in [1.54, 1.807) is 24.3 Å². The fourth-order valence-electron chi connectivity index (χ4n) is 4.12. The third-order valence-corrected chi connectivity index (χ3v) is 7.65. The maximum Gasteiger partial charge on any atom is 0.237 e. The zero-order valence-electron chi connectivity index (χ0n) is 22.9. The van der Waals surface area contributed by atoms with Gasteiger partial charge in [-0.05, 0) is 68.1 Å². The van der Waals surface area contributed by atoms with E-state index in [1.807, 2.05) is 60.9 Å². The number of anilines is 1. The van der Waals surface area contributed by atoms with Gasteiger partial charge >= 0.3 is 0 Å². The van der Waals surface area contributed by atoms with Gasteiger partial charge in [-0.15, -0.1) is 10.2 Å². The number of carbonyl (C=O) groups excluding carboxylic acids is 2. The van der Waals surface area contributed by atoms with Gasteiger partial charge in [-0.25, -0.2) is 0 Å². The number of hydrogen-bond donors (Lipinski definition) is 1. The molecule has 7 nitrogen and oxygen atoms in total. The molecular formula is C31H34N4O3S. The van der Waals surface area contributed by atoms with E-state index >= 15 is 0 Å². The van der Waals surface area contributed by atoms with Crippen LogP contribution in [-0.2, 0) is 4.79 Å². The summed E-state index contributed by atoms with van der Waals surface area (Å²) in [6.07, 6.45) is 0.189. The molecule has 0 spiro atoms. The minimum Gasteiger partial charge on any atom is -0.483 e. The Bertz CT molecular complexity index is 1420. The van der Waals surface area contributed by atoms with Crippen LogP contribution in [0.1, 0.15) is 74.8 Å². The monoisotopic (exact) mass is 542 g/mol. The zero-order chi connectivity index (χ0) is 27.9. The third kappa shape index (κ3) is 6.95. The quantitative estimate of drug-likeness (QED) is 0.159. The molecule has 0 bridgehead atoms. The zero-order valence-corrected chi connectivity index (χ0v) is 23.7. The van der Waals surface area contributed by atoms with Gasteiger partial charge in [-0.3, -0.25) is 14.2 Å². The molecule has 4 aromatic rings. The van der Waals surface area contributed by atoms with Crippen molar-refractivity contribution >= 4 is 29.1 Å². The van der Waals surface area contributed by atoms with Crippen LogP contribution in [0.4, 0.5) is 5.69 Å². The van der Waals surface area contributed by atoms with Gasteiger partial charge in [0.15, 0.2) is 22.9 Å². The summed E-state index contributed by atoms with van der Waals surface area (Å²) in [5, 5.41) is 12.1. The van der Waals surface area contributed by atoms with Gasteiger partial charge in [0.2, 0.25) is 5.91 Å². The van der Waals surface area contributed by atoms with Gasteiger partial charge < -0.3 is 10.1 Å². The molecule has 0 aliphatic rings. The third-order valence-electron chi connectivity index (χ3n) is 6.34. The highest BCUT2D eigenvalue weighted by Crippen LogP contribution is 2.32. The summed E-state index contributed by atoms with van der Waals surface area (Å²) in [6.45, 7) is 9.73. The maximum absolute atomic E-state index is 13.2. The Morgan fingerprint density at radius 3 is 2.31 bits per heavy atom. The number of amides is 1. The smallest absolute Gasteiger partial charge is 0.237 e. The van der Waals surface area contributed by atoms with Crippen molar-refractivity contribution in [1.82, 2.24) is 14.8 Å². The molecule has 0 aliphatic heterocycles. The Labute approximate surface area is 234 Å². The molecule has 1 heterocycles. The van der Waals surface area contributed by atoms with Crippen LogP contribution in [0.15, 0.2) is 84.0 Å². The molecule has 1 N–H and O–H groups in total. The minimum atomic E-state index is -0.426. The first kappa shape index (κ1) is 28.1. The molecule has 0 radical (unpaired) electrons. The Morgan fingerprint density at radius 2 is 1.67 bits per heavy atom. The fourth-order valence-corrected chi connectivity index (χ4v) is 5.10. The normalized spacial score (nSPS) is 12.7. The van der Waals surface area contributed by atoms with Crippen molar-refractivity contribution in [3.8, 4) is 11.4 Å². The molecule has 4 rings (SSSR count). The van der Waals surface area contributed by atoms with E-state index < -0.39 is 5.25 Å². The van der Waals surface area contributed by atoms with E-state index in [4.69, 9.17) is 4.74 Å². The van der Waals surface area contributed by atoms with Crippen LogP contribution in [-0.4, -0.2) is 31.7 Å². The summed E-state index contributed by atoms with van der Waals surface area (Å²) in [6, 6.07) is 24.9. The van der Waals surface area contributed by atoms with Gasteiger partial charge in [-0.1, -0.05) is 75.0 Å². The molecule has 39 heavy (non-hydrogen) atoms. The number of benzene rings is 3. The topological polar surface area (TPSA) is 86.1 Å². The molecule has 2 unspecified atom stereocenters. The van der Waals surface area contributed by atoms with E-state index in [9.17, 15) is 9.59 Å². The van der Waals surface area contributed by atoms with Crippen LogP contribution in [0.3, 0.4) is 0 Å². The van der Waals surface area contributed by atoms with E-state index in [0.717, 1.165) is 11.4 Å². The van der Waals surface area contributed by atoms with E-state index in [2.05, 4.69) is 41.5 Å². The van der Waals surface area contributed by atoms with Gasteiger partial charge in [0.1, 0.15) is 5.75 Å². The second kappa shape index (κ2) is 12.8. The van der Waals surface area contributed by atoms with Crippen LogP contribution in [0.2, 0.25) is 0 Å². The molecule has 1 amide bonds. The van der Waals surface area contributed by atoms with Crippen LogP contribution in [0.25, 0.3) is 5.69 Å². The summed E-state index contributed by atoms with van der Waals surface area (Å²) in [5.41, 5.74) is 3.27. The Morgan fingerprint density at radius 1 is 0.949 bits per heavy atom. The molecule has 0 saturated heterocycles. The SMILES string of the molecule is CCC(Sc1nnc(C(C)Oc2ccc(C(C)C)cc2)n1-c1ccccc1)C(=O)Nc1cccc(C(C)=O)c1. The van der Waals surface area contributed by atoms with Crippen molar-refractivity contribution < 1.29 is 14.3 Å². The number of aromatic nitrogens is 3. The standard InChI is InChI=1S/C31H34N4O3S/c1-6-28(30(37)32-25-12-10-11-24(19-25)21(4)36)39-31-34-33-29(35(31)26-13-8-7-9-14-26)22(5)38-27-17-15-23(16-18-27)20(2)3/h7-20,22,28H,6H2,1-5H3,(H,32,37). The van der Waals surface area contributed by atoms with Gasteiger partial charge in [0.25, 0.3) is 0 Å². The van der Waals surface area contributed by atoms with Crippen molar-refractivity contribution in [2.24, 2.45) is 0 Å². The average Bonchev–Trinajstić information content (AvgIpc) is 3.36. The molecule has 2 atom stereocenters. The molecule has 1 aromatic heterocycles. The molecule has 8 heteroatoms. The first-order valence-corrected chi connectivity index (χ1v) is 14.0.